The number of nitrogens with zero attached hydrogens (tertiary/aromatic N) is 4. The Labute approximate surface area is 207 Å². The fraction of sp³-hybridized carbons (Fsp3) is 0.227. The van der Waals surface area contributed by atoms with Gasteiger partial charge < -0.3 is 13.9 Å². The molecule has 35 heavy (non-hydrogen) atoms. The number of carbonyl (C=O) groups excluding carboxylic acids is 2. The summed E-state index contributed by atoms with van der Waals surface area (Å²) in [5, 5.41) is 15.4. The maximum Gasteiger partial charge on any atom is 0.373 e. The number of ether oxygens (including phenoxy) is 2. The SMILES string of the molecule is CCCOc1cn(-c2ccc(F)cc2)nc1C(=O)Nc1nnc(SCc2ccc(C(=O)OC)o2)s1. The van der Waals surface area contributed by atoms with E-state index < -0.39 is 11.9 Å². The Bertz CT molecular complexity index is 1320. The quantitative estimate of drug-likeness (QED) is 0.183. The van der Waals surface area contributed by atoms with Gasteiger partial charge in [0.15, 0.2) is 15.8 Å². The zero-order valence-corrected chi connectivity index (χ0v) is 20.3. The highest BCUT2D eigenvalue weighted by Gasteiger charge is 2.21. The Morgan fingerprint density at radius 3 is 2.74 bits per heavy atom. The van der Waals surface area contributed by atoms with Crippen LogP contribution in [0.3, 0.4) is 0 Å². The second-order valence-corrected chi connectivity index (χ2v) is 9.18. The van der Waals surface area contributed by atoms with Crippen molar-refractivity contribution in [1.29, 1.82) is 0 Å². The lowest BCUT2D eigenvalue weighted by Gasteiger charge is -2.03. The molecule has 0 aliphatic carbocycles. The lowest BCUT2D eigenvalue weighted by molar-refractivity contribution is 0.0563. The van der Waals surface area contributed by atoms with Crippen LogP contribution in [0.15, 0.2) is 51.4 Å². The Morgan fingerprint density at radius 2 is 2.00 bits per heavy atom. The number of carbonyl (C=O) groups is 2. The zero-order chi connectivity index (χ0) is 24.8. The number of rotatable bonds is 10. The molecule has 0 bridgehead atoms. The van der Waals surface area contributed by atoms with E-state index in [0.29, 0.717) is 33.9 Å². The Hall–Kier alpha value is -3.71. The topological polar surface area (TPSA) is 121 Å². The van der Waals surface area contributed by atoms with E-state index in [9.17, 15) is 14.0 Å². The maximum absolute atomic E-state index is 13.3. The largest absolute Gasteiger partial charge is 0.489 e. The van der Waals surface area contributed by atoms with Crippen molar-refractivity contribution >= 4 is 40.1 Å². The molecule has 182 valence electrons. The van der Waals surface area contributed by atoms with Crippen LogP contribution in [-0.2, 0) is 10.5 Å². The van der Waals surface area contributed by atoms with Crippen molar-refractivity contribution < 1.29 is 27.9 Å². The number of esters is 1. The van der Waals surface area contributed by atoms with Gasteiger partial charge in [-0.3, -0.25) is 10.1 Å². The third kappa shape index (κ3) is 6.05. The van der Waals surface area contributed by atoms with Crippen molar-refractivity contribution in [2.45, 2.75) is 23.4 Å². The van der Waals surface area contributed by atoms with E-state index in [1.807, 2.05) is 6.92 Å². The second-order valence-electron chi connectivity index (χ2n) is 6.98. The summed E-state index contributed by atoms with van der Waals surface area (Å²) in [6, 6.07) is 8.94. The summed E-state index contributed by atoms with van der Waals surface area (Å²) < 4.78 is 31.1. The molecule has 0 radical (unpaired) electrons. The number of aromatic nitrogens is 4. The monoisotopic (exact) mass is 517 g/mol. The molecule has 0 atom stereocenters. The summed E-state index contributed by atoms with van der Waals surface area (Å²) in [7, 11) is 1.28. The molecule has 13 heteroatoms. The number of furan rings is 1. The fourth-order valence-corrected chi connectivity index (χ4v) is 4.47. The Balaban J connectivity index is 1.43. The molecule has 0 saturated carbocycles. The molecule has 4 rings (SSSR count). The van der Waals surface area contributed by atoms with E-state index in [2.05, 4.69) is 25.3 Å². The van der Waals surface area contributed by atoms with Gasteiger partial charge in [0.1, 0.15) is 11.6 Å². The third-order valence-corrected chi connectivity index (χ3v) is 6.46. The van der Waals surface area contributed by atoms with Gasteiger partial charge in [-0.05, 0) is 42.8 Å². The molecule has 1 amide bonds. The van der Waals surface area contributed by atoms with Gasteiger partial charge in [0.2, 0.25) is 10.9 Å². The summed E-state index contributed by atoms with van der Waals surface area (Å²) in [5.74, 6) is -0.0369. The van der Waals surface area contributed by atoms with Gasteiger partial charge in [-0.25, -0.2) is 13.9 Å². The van der Waals surface area contributed by atoms with E-state index in [-0.39, 0.29) is 22.4 Å². The molecule has 0 aliphatic heterocycles. The third-order valence-electron chi connectivity index (χ3n) is 4.46. The van der Waals surface area contributed by atoms with Crippen LogP contribution in [0.2, 0.25) is 0 Å². The molecular formula is C22H20FN5O5S2. The normalized spacial score (nSPS) is 10.8. The van der Waals surface area contributed by atoms with Crippen molar-refractivity contribution in [3.8, 4) is 11.4 Å². The van der Waals surface area contributed by atoms with Gasteiger partial charge in [-0.1, -0.05) is 30.0 Å². The summed E-state index contributed by atoms with van der Waals surface area (Å²) in [6.07, 6.45) is 2.32. The van der Waals surface area contributed by atoms with E-state index in [4.69, 9.17) is 9.15 Å². The first-order valence-corrected chi connectivity index (χ1v) is 12.2. The number of anilines is 1. The number of hydrogen-bond acceptors (Lipinski definition) is 10. The number of nitrogens with one attached hydrogen (secondary N) is 1. The van der Waals surface area contributed by atoms with Gasteiger partial charge in [-0.15, -0.1) is 10.2 Å². The molecule has 3 aromatic heterocycles. The molecule has 3 heterocycles. The number of benzene rings is 1. The first kappa shape index (κ1) is 24.4. The summed E-state index contributed by atoms with van der Waals surface area (Å²) in [5.41, 5.74) is 0.646. The van der Waals surface area contributed by atoms with Crippen LogP contribution in [0.1, 0.15) is 40.1 Å². The lowest BCUT2D eigenvalue weighted by atomic mass is 10.3. The highest BCUT2D eigenvalue weighted by molar-refractivity contribution is 8.00. The van der Waals surface area contributed by atoms with E-state index >= 15 is 0 Å². The Morgan fingerprint density at radius 1 is 1.20 bits per heavy atom. The van der Waals surface area contributed by atoms with Gasteiger partial charge in [0.05, 0.1) is 31.4 Å². The van der Waals surface area contributed by atoms with Crippen molar-refractivity contribution in [1.82, 2.24) is 20.0 Å². The Kier molecular flexibility index (Phi) is 7.77. The molecule has 10 nitrogen and oxygen atoms in total. The number of halogens is 1. The second kappa shape index (κ2) is 11.1. The summed E-state index contributed by atoms with van der Waals surface area (Å²) >= 11 is 2.52. The van der Waals surface area contributed by atoms with Gasteiger partial charge >= 0.3 is 5.97 Å². The van der Waals surface area contributed by atoms with Crippen LogP contribution < -0.4 is 10.1 Å². The minimum atomic E-state index is -0.550. The van der Waals surface area contributed by atoms with Crippen LogP contribution in [0.4, 0.5) is 9.52 Å². The number of methoxy groups -OCH3 is 1. The average molecular weight is 518 g/mol. The average Bonchev–Trinajstić information content (AvgIpc) is 3.61. The molecule has 0 unspecified atom stereocenters. The van der Waals surface area contributed by atoms with Crippen LogP contribution in [0.5, 0.6) is 5.75 Å². The van der Waals surface area contributed by atoms with Gasteiger partial charge in [-0.2, -0.15) is 5.10 Å². The van der Waals surface area contributed by atoms with Crippen LogP contribution >= 0.6 is 23.1 Å². The standard InChI is InChI=1S/C22H20FN5O5S2/c1-3-10-32-17-11-28(14-6-4-13(23)5-7-14)27-18(17)19(29)24-21-25-26-22(35-21)34-12-15-8-9-16(33-15)20(30)31-2/h4-9,11H,3,10,12H2,1-2H3,(H,24,25,29). The van der Waals surface area contributed by atoms with Crippen LogP contribution in [-0.4, -0.2) is 45.6 Å². The van der Waals surface area contributed by atoms with Crippen molar-refractivity contribution in [2.24, 2.45) is 0 Å². The van der Waals surface area contributed by atoms with Crippen molar-refractivity contribution in [2.75, 3.05) is 19.0 Å². The molecule has 0 saturated heterocycles. The molecule has 1 N–H and O–H groups in total. The summed E-state index contributed by atoms with van der Waals surface area (Å²) in [6.45, 7) is 2.35. The molecular weight excluding hydrogens is 497 g/mol. The van der Waals surface area contributed by atoms with E-state index in [1.54, 1.807) is 24.4 Å². The number of hydrogen-bond donors (Lipinski definition) is 1. The lowest BCUT2D eigenvalue weighted by Crippen LogP contribution is -2.14. The van der Waals surface area contributed by atoms with Gasteiger partial charge in [0.25, 0.3) is 5.91 Å². The minimum absolute atomic E-state index is 0.0677. The predicted molar refractivity (Wildman–Crippen MR) is 127 cm³/mol. The molecule has 4 aromatic rings. The number of thioether (sulfide) groups is 1. The highest BCUT2D eigenvalue weighted by atomic mass is 32.2. The first-order chi connectivity index (χ1) is 17.0. The molecule has 1 aromatic carbocycles. The summed E-state index contributed by atoms with van der Waals surface area (Å²) in [4.78, 5) is 24.4. The highest BCUT2D eigenvalue weighted by Crippen LogP contribution is 2.30. The van der Waals surface area contributed by atoms with E-state index in [1.165, 1.54) is 53.1 Å². The zero-order valence-electron chi connectivity index (χ0n) is 18.7. The van der Waals surface area contributed by atoms with Crippen molar-refractivity contribution in [3.05, 3.63) is 65.6 Å². The predicted octanol–water partition coefficient (Wildman–Crippen LogP) is 4.58. The number of amides is 1. The smallest absolute Gasteiger partial charge is 0.373 e. The van der Waals surface area contributed by atoms with Crippen LogP contribution in [0.25, 0.3) is 5.69 Å². The first-order valence-electron chi connectivity index (χ1n) is 10.4. The van der Waals surface area contributed by atoms with E-state index in [0.717, 1.165) is 6.42 Å². The minimum Gasteiger partial charge on any atom is -0.489 e. The fourth-order valence-electron chi connectivity index (χ4n) is 2.83. The van der Waals surface area contributed by atoms with Crippen molar-refractivity contribution in [3.63, 3.8) is 0 Å². The molecule has 0 fully saturated rings. The maximum atomic E-state index is 13.3. The van der Waals surface area contributed by atoms with Gasteiger partial charge in [0, 0.05) is 0 Å². The molecule has 0 spiro atoms. The molecule has 0 aliphatic rings. The van der Waals surface area contributed by atoms with Crippen LogP contribution in [0, 0.1) is 5.82 Å².